The summed E-state index contributed by atoms with van der Waals surface area (Å²) in [5, 5.41) is 7.11. The third-order valence-electron chi connectivity index (χ3n) is 3.95. The van der Waals surface area contributed by atoms with Crippen molar-refractivity contribution in [2.45, 2.75) is 25.8 Å². The Kier molecular flexibility index (Phi) is 4.04. The molecule has 1 N–H and O–H groups in total. The van der Waals surface area contributed by atoms with Gasteiger partial charge in [0.25, 0.3) is 5.91 Å². The van der Waals surface area contributed by atoms with E-state index >= 15 is 0 Å². The number of carbonyl (C=O) groups excluding carboxylic acids is 1. The zero-order chi connectivity index (χ0) is 15.5. The third kappa shape index (κ3) is 3.08. The molecule has 3 heterocycles. The van der Waals surface area contributed by atoms with Crippen LogP contribution in [0.5, 0.6) is 0 Å². The monoisotopic (exact) mass is 300 g/mol. The van der Waals surface area contributed by atoms with E-state index in [2.05, 4.69) is 25.3 Å². The van der Waals surface area contributed by atoms with Crippen LogP contribution >= 0.6 is 0 Å². The van der Waals surface area contributed by atoms with E-state index in [4.69, 9.17) is 0 Å². The van der Waals surface area contributed by atoms with Crippen LogP contribution in [0, 0.1) is 6.92 Å². The number of hydrogen-bond acceptors (Lipinski definition) is 5. The molecule has 1 fully saturated rings. The Balaban J connectivity index is 1.56. The topological polar surface area (TPSA) is 75.9 Å². The molecule has 1 saturated heterocycles. The SMILES string of the molecule is Cc1cncc(N2CCC(NC(=O)c3ccnn3C)CC2)n1. The highest BCUT2D eigenvalue weighted by molar-refractivity contribution is 5.92. The predicted octanol–water partition coefficient (Wildman–Crippen LogP) is 0.917. The minimum atomic E-state index is -0.0613. The highest BCUT2D eigenvalue weighted by atomic mass is 16.2. The van der Waals surface area contributed by atoms with Crippen LogP contribution in [0.4, 0.5) is 5.82 Å². The third-order valence-corrected chi connectivity index (χ3v) is 3.95. The first-order chi connectivity index (χ1) is 10.6. The molecule has 7 nitrogen and oxygen atoms in total. The molecular weight excluding hydrogens is 280 g/mol. The van der Waals surface area contributed by atoms with Crippen LogP contribution in [0.15, 0.2) is 24.7 Å². The van der Waals surface area contributed by atoms with Crippen molar-refractivity contribution in [1.82, 2.24) is 25.1 Å². The Bertz CT molecular complexity index is 660. The average molecular weight is 300 g/mol. The maximum absolute atomic E-state index is 12.2. The first kappa shape index (κ1) is 14.5. The number of carbonyl (C=O) groups is 1. The van der Waals surface area contributed by atoms with Crippen LogP contribution in [-0.4, -0.2) is 44.8 Å². The normalized spacial score (nSPS) is 15.8. The Morgan fingerprint density at radius 3 is 2.73 bits per heavy atom. The fraction of sp³-hybridized carbons (Fsp3) is 0.467. The highest BCUT2D eigenvalue weighted by Crippen LogP contribution is 2.17. The van der Waals surface area contributed by atoms with Crippen LogP contribution in [0.2, 0.25) is 0 Å². The molecule has 1 amide bonds. The molecule has 7 heteroatoms. The fourth-order valence-electron chi connectivity index (χ4n) is 2.71. The van der Waals surface area contributed by atoms with Crippen molar-refractivity contribution in [1.29, 1.82) is 0 Å². The van der Waals surface area contributed by atoms with Gasteiger partial charge in [0.1, 0.15) is 11.5 Å². The van der Waals surface area contributed by atoms with E-state index < -0.39 is 0 Å². The van der Waals surface area contributed by atoms with Crippen LogP contribution in [0.3, 0.4) is 0 Å². The Hall–Kier alpha value is -2.44. The Morgan fingerprint density at radius 2 is 2.09 bits per heavy atom. The molecule has 3 rings (SSSR count). The number of anilines is 1. The van der Waals surface area contributed by atoms with Crippen molar-refractivity contribution in [3.05, 3.63) is 36.0 Å². The van der Waals surface area contributed by atoms with Crippen LogP contribution in [-0.2, 0) is 7.05 Å². The second-order valence-electron chi connectivity index (χ2n) is 5.59. The van der Waals surface area contributed by atoms with Gasteiger partial charge in [-0.15, -0.1) is 0 Å². The summed E-state index contributed by atoms with van der Waals surface area (Å²) in [7, 11) is 1.77. The van der Waals surface area contributed by atoms with E-state index in [0.29, 0.717) is 5.69 Å². The van der Waals surface area contributed by atoms with Gasteiger partial charge in [-0.25, -0.2) is 4.98 Å². The average Bonchev–Trinajstić information content (AvgIpc) is 2.94. The van der Waals surface area contributed by atoms with E-state index in [0.717, 1.165) is 37.4 Å². The first-order valence-electron chi connectivity index (χ1n) is 7.46. The molecule has 2 aromatic heterocycles. The molecule has 22 heavy (non-hydrogen) atoms. The molecular formula is C15H20N6O. The summed E-state index contributed by atoms with van der Waals surface area (Å²) in [5.74, 6) is 0.852. The lowest BCUT2D eigenvalue weighted by Gasteiger charge is -2.33. The molecule has 0 radical (unpaired) electrons. The standard InChI is InChI=1S/C15H20N6O/c1-11-9-16-10-14(18-11)21-7-4-12(5-8-21)19-15(22)13-3-6-17-20(13)2/h3,6,9-10,12H,4-5,7-8H2,1-2H3,(H,19,22). The summed E-state index contributed by atoms with van der Waals surface area (Å²) < 4.78 is 1.59. The maximum atomic E-state index is 12.2. The molecule has 0 unspecified atom stereocenters. The van der Waals surface area contributed by atoms with E-state index in [-0.39, 0.29) is 11.9 Å². The lowest BCUT2D eigenvalue weighted by molar-refractivity contribution is 0.0921. The van der Waals surface area contributed by atoms with E-state index in [1.54, 1.807) is 36.4 Å². The molecule has 2 aromatic rings. The molecule has 116 valence electrons. The molecule has 1 aliphatic rings. The number of hydrogen-bond donors (Lipinski definition) is 1. The minimum absolute atomic E-state index is 0.0613. The van der Waals surface area contributed by atoms with Crippen LogP contribution < -0.4 is 10.2 Å². The van der Waals surface area contributed by atoms with Gasteiger partial charge >= 0.3 is 0 Å². The largest absolute Gasteiger partial charge is 0.355 e. The maximum Gasteiger partial charge on any atom is 0.269 e. The summed E-state index contributed by atoms with van der Waals surface area (Å²) in [5.41, 5.74) is 1.51. The molecule has 0 aliphatic carbocycles. The number of aromatic nitrogens is 4. The van der Waals surface area contributed by atoms with Gasteiger partial charge in [0, 0.05) is 38.6 Å². The van der Waals surface area contributed by atoms with Crippen molar-refractivity contribution < 1.29 is 4.79 Å². The van der Waals surface area contributed by atoms with Crippen molar-refractivity contribution in [2.75, 3.05) is 18.0 Å². The summed E-state index contributed by atoms with van der Waals surface area (Å²) in [6.45, 7) is 3.68. The molecule has 1 aliphatic heterocycles. The lowest BCUT2D eigenvalue weighted by Crippen LogP contribution is -2.45. The number of nitrogens with zero attached hydrogens (tertiary/aromatic N) is 5. The fourth-order valence-corrected chi connectivity index (χ4v) is 2.71. The van der Waals surface area contributed by atoms with Gasteiger partial charge in [0.15, 0.2) is 0 Å². The summed E-state index contributed by atoms with van der Waals surface area (Å²) >= 11 is 0. The number of aryl methyl sites for hydroxylation is 2. The molecule has 0 spiro atoms. The number of piperidine rings is 1. The van der Waals surface area contributed by atoms with Crippen molar-refractivity contribution in [3.63, 3.8) is 0 Å². The number of rotatable bonds is 3. The number of amides is 1. The minimum Gasteiger partial charge on any atom is -0.355 e. The summed E-state index contributed by atoms with van der Waals surface area (Å²) in [6, 6.07) is 1.92. The van der Waals surface area contributed by atoms with Crippen molar-refractivity contribution >= 4 is 11.7 Å². The highest BCUT2D eigenvalue weighted by Gasteiger charge is 2.23. The van der Waals surface area contributed by atoms with Gasteiger partial charge < -0.3 is 10.2 Å². The summed E-state index contributed by atoms with van der Waals surface area (Å²) in [4.78, 5) is 23.1. The van der Waals surface area contributed by atoms with Gasteiger partial charge in [0.05, 0.1) is 11.9 Å². The van der Waals surface area contributed by atoms with Gasteiger partial charge in [-0.05, 0) is 25.8 Å². The zero-order valence-corrected chi connectivity index (χ0v) is 12.9. The summed E-state index contributed by atoms with van der Waals surface area (Å²) in [6.07, 6.45) is 6.98. The van der Waals surface area contributed by atoms with Gasteiger partial charge in [-0.1, -0.05) is 0 Å². The second-order valence-corrected chi connectivity index (χ2v) is 5.59. The zero-order valence-electron chi connectivity index (χ0n) is 12.9. The van der Waals surface area contributed by atoms with Crippen LogP contribution in [0.1, 0.15) is 29.0 Å². The van der Waals surface area contributed by atoms with E-state index in [1.165, 1.54) is 0 Å². The Morgan fingerprint density at radius 1 is 1.32 bits per heavy atom. The molecule has 0 saturated carbocycles. The van der Waals surface area contributed by atoms with Gasteiger partial charge in [0.2, 0.25) is 0 Å². The van der Waals surface area contributed by atoms with Gasteiger partial charge in [-0.3, -0.25) is 14.5 Å². The second kappa shape index (κ2) is 6.13. The van der Waals surface area contributed by atoms with E-state index in [9.17, 15) is 4.79 Å². The molecule has 0 bridgehead atoms. The smallest absolute Gasteiger partial charge is 0.269 e. The van der Waals surface area contributed by atoms with Crippen molar-refractivity contribution in [3.8, 4) is 0 Å². The van der Waals surface area contributed by atoms with Crippen LogP contribution in [0.25, 0.3) is 0 Å². The van der Waals surface area contributed by atoms with Crippen molar-refractivity contribution in [2.24, 2.45) is 7.05 Å². The quantitative estimate of drug-likeness (QED) is 0.912. The van der Waals surface area contributed by atoms with Gasteiger partial charge in [-0.2, -0.15) is 5.10 Å². The molecule has 0 aromatic carbocycles. The predicted molar refractivity (Wildman–Crippen MR) is 82.7 cm³/mol. The first-order valence-corrected chi connectivity index (χ1v) is 7.46. The Labute approximate surface area is 129 Å². The molecule has 0 atom stereocenters. The number of nitrogens with one attached hydrogen (secondary N) is 1. The lowest BCUT2D eigenvalue weighted by atomic mass is 10.0. The van der Waals surface area contributed by atoms with E-state index in [1.807, 2.05) is 6.92 Å².